The summed E-state index contributed by atoms with van der Waals surface area (Å²) in [6.07, 6.45) is 1.10. The Morgan fingerprint density at radius 1 is 1.20 bits per heavy atom. The van der Waals surface area contributed by atoms with Crippen molar-refractivity contribution in [2.75, 3.05) is 13.1 Å². The van der Waals surface area contributed by atoms with Gasteiger partial charge in [0.25, 0.3) is 0 Å². The van der Waals surface area contributed by atoms with Crippen molar-refractivity contribution in [2.45, 2.75) is 58.4 Å². The number of carbonyl (C=O) groups is 1. The van der Waals surface area contributed by atoms with Crippen molar-refractivity contribution in [3.63, 3.8) is 0 Å². The van der Waals surface area contributed by atoms with E-state index >= 15 is 0 Å². The fourth-order valence-corrected chi connectivity index (χ4v) is 4.99. The van der Waals surface area contributed by atoms with Gasteiger partial charge < -0.3 is 5.32 Å². The van der Waals surface area contributed by atoms with Crippen LogP contribution in [0.15, 0.2) is 4.90 Å². The molecule has 25 heavy (non-hydrogen) atoms. The molecule has 0 saturated carbocycles. The molecule has 0 unspecified atom stereocenters. The predicted molar refractivity (Wildman–Crippen MR) is 96.6 cm³/mol. The summed E-state index contributed by atoms with van der Waals surface area (Å²) in [6.45, 7) is 10.3. The first-order chi connectivity index (χ1) is 11.6. The monoisotopic (exact) mass is 370 g/mol. The van der Waals surface area contributed by atoms with Crippen LogP contribution >= 0.6 is 0 Å². The van der Waals surface area contributed by atoms with Crippen LogP contribution in [0.4, 0.5) is 0 Å². The highest BCUT2D eigenvalue weighted by atomic mass is 32.2. The Labute approximate surface area is 150 Å². The maximum absolute atomic E-state index is 13.0. The molecule has 7 nitrogen and oxygen atoms in total. The summed E-state index contributed by atoms with van der Waals surface area (Å²) in [5.74, 6) is 0.289. The lowest BCUT2D eigenvalue weighted by atomic mass is 9.96. The summed E-state index contributed by atoms with van der Waals surface area (Å²) < 4.78 is 29.0. The van der Waals surface area contributed by atoms with E-state index in [2.05, 4.69) is 24.3 Å². The number of aromatic nitrogens is 2. The number of hydrogen-bond donors (Lipinski definition) is 1. The second-order valence-electron chi connectivity index (χ2n) is 7.34. The average Bonchev–Trinajstić information content (AvgIpc) is 2.80. The summed E-state index contributed by atoms with van der Waals surface area (Å²) in [5.41, 5.74) is 1.16. The number of nitrogens with one attached hydrogen (secondary N) is 1. The lowest BCUT2D eigenvalue weighted by Gasteiger charge is -2.31. The van der Waals surface area contributed by atoms with E-state index in [1.54, 1.807) is 25.6 Å². The highest BCUT2D eigenvalue weighted by Crippen LogP contribution is 2.27. The third-order valence-corrected chi connectivity index (χ3v) is 7.39. The maximum atomic E-state index is 13.0. The van der Waals surface area contributed by atoms with E-state index in [-0.39, 0.29) is 17.9 Å². The minimum absolute atomic E-state index is 0.0342. The Bertz CT molecular complexity index is 731. The molecule has 0 spiro atoms. The van der Waals surface area contributed by atoms with Crippen LogP contribution in [-0.2, 0) is 21.9 Å². The molecule has 1 aliphatic rings. The van der Waals surface area contributed by atoms with E-state index in [4.69, 9.17) is 0 Å². The number of nitrogens with zero attached hydrogens (tertiary/aromatic N) is 3. The molecule has 1 aromatic rings. The van der Waals surface area contributed by atoms with Crippen molar-refractivity contribution in [3.05, 3.63) is 11.4 Å². The molecule has 2 heterocycles. The molecule has 1 aliphatic heterocycles. The van der Waals surface area contributed by atoms with Gasteiger partial charge in [0.2, 0.25) is 15.9 Å². The Morgan fingerprint density at radius 3 is 2.20 bits per heavy atom. The van der Waals surface area contributed by atoms with E-state index in [1.165, 1.54) is 4.31 Å². The van der Waals surface area contributed by atoms with E-state index in [1.807, 2.05) is 6.92 Å². The van der Waals surface area contributed by atoms with Crippen LogP contribution in [-0.4, -0.2) is 47.5 Å². The van der Waals surface area contributed by atoms with Gasteiger partial charge in [-0.25, -0.2) is 8.42 Å². The van der Waals surface area contributed by atoms with E-state index in [9.17, 15) is 13.2 Å². The molecule has 2 rings (SSSR count). The number of amides is 1. The normalized spacial score (nSPS) is 18.5. The zero-order chi connectivity index (χ0) is 18.9. The molecule has 0 aliphatic carbocycles. The summed E-state index contributed by atoms with van der Waals surface area (Å²) >= 11 is 0. The molecule has 0 bridgehead atoms. The average molecular weight is 371 g/mol. The molecule has 1 amide bonds. The molecule has 0 radical (unpaired) electrons. The summed E-state index contributed by atoms with van der Waals surface area (Å²) in [6, 6.07) is 0.120. The minimum Gasteiger partial charge on any atom is -0.353 e. The first-order valence-electron chi connectivity index (χ1n) is 8.86. The van der Waals surface area contributed by atoms with Gasteiger partial charge >= 0.3 is 0 Å². The number of rotatable bonds is 5. The van der Waals surface area contributed by atoms with Gasteiger partial charge in [0.15, 0.2) is 0 Å². The summed E-state index contributed by atoms with van der Waals surface area (Å²) in [4.78, 5) is 12.7. The van der Waals surface area contributed by atoms with Gasteiger partial charge in [-0.2, -0.15) is 9.40 Å². The maximum Gasteiger partial charge on any atom is 0.246 e. The molecule has 1 saturated heterocycles. The molecule has 0 aromatic carbocycles. The van der Waals surface area contributed by atoms with Crippen LogP contribution < -0.4 is 5.32 Å². The number of aryl methyl sites for hydroxylation is 2. The van der Waals surface area contributed by atoms with Gasteiger partial charge in [-0.05, 0) is 39.5 Å². The molecular weight excluding hydrogens is 340 g/mol. The largest absolute Gasteiger partial charge is 0.353 e. The standard InChI is InChI=1S/C17H30N4O3S/c1-11(2)12(3)18-17(22)15-7-9-21(10-8-15)25(23,24)16-13(4)19-20(6)14(16)5/h11-12,15H,7-10H2,1-6H3,(H,18,22)/t12-/m1/s1. The van der Waals surface area contributed by atoms with Crippen molar-refractivity contribution in [1.29, 1.82) is 0 Å². The number of piperidine rings is 1. The van der Waals surface area contributed by atoms with Crippen molar-refractivity contribution < 1.29 is 13.2 Å². The van der Waals surface area contributed by atoms with Gasteiger partial charge in [0.05, 0.1) is 11.4 Å². The smallest absolute Gasteiger partial charge is 0.246 e. The van der Waals surface area contributed by atoms with Crippen LogP contribution in [0.5, 0.6) is 0 Å². The molecule has 1 aromatic heterocycles. The first-order valence-corrected chi connectivity index (χ1v) is 10.3. The van der Waals surface area contributed by atoms with Gasteiger partial charge in [0, 0.05) is 32.1 Å². The van der Waals surface area contributed by atoms with E-state index in [0.717, 1.165) is 0 Å². The van der Waals surface area contributed by atoms with Crippen molar-refractivity contribution in [2.24, 2.45) is 18.9 Å². The van der Waals surface area contributed by atoms with E-state index in [0.29, 0.717) is 48.1 Å². The third kappa shape index (κ3) is 4.06. The van der Waals surface area contributed by atoms with Crippen LogP contribution in [0, 0.1) is 25.7 Å². The highest BCUT2D eigenvalue weighted by molar-refractivity contribution is 7.89. The van der Waals surface area contributed by atoms with Gasteiger partial charge in [0.1, 0.15) is 4.90 Å². The summed E-state index contributed by atoms with van der Waals surface area (Å²) in [5, 5.41) is 7.25. The molecular formula is C17H30N4O3S. The zero-order valence-corrected chi connectivity index (χ0v) is 16.9. The zero-order valence-electron chi connectivity index (χ0n) is 16.0. The molecule has 142 valence electrons. The number of sulfonamides is 1. The van der Waals surface area contributed by atoms with E-state index < -0.39 is 10.0 Å². The Morgan fingerprint density at radius 2 is 1.76 bits per heavy atom. The van der Waals surface area contributed by atoms with Gasteiger partial charge in [-0.1, -0.05) is 13.8 Å². The molecule has 1 N–H and O–H groups in total. The number of hydrogen-bond acceptors (Lipinski definition) is 4. The second-order valence-corrected chi connectivity index (χ2v) is 9.22. The minimum atomic E-state index is -3.57. The SMILES string of the molecule is Cc1nn(C)c(C)c1S(=O)(=O)N1CCC(C(=O)N[C@H](C)C(C)C)CC1. The fourth-order valence-electron chi connectivity index (χ4n) is 3.12. The van der Waals surface area contributed by atoms with Crippen LogP contribution in [0.2, 0.25) is 0 Å². The predicted octanol–water partition coefficient (Wildman–Crippen LogP) is 1.60. The highest BCUT2D eigenvalue weighted by Gasteiger charge is 2.35. The van der Waals surface area contributed by atoms with Crippen LogP contribution in [0.25, 0.3) is 0 Å². The molecule has 8 heteroatoms. The first kappa shape index (κ1) is 19.9. The molecule has 1 atom stereocenters. The fraction of sp³-hybridized carbons (Fsp3) is 0.765. The van der Waals surface area contributed by atoms with Crippen molar-refractivity contribution >= 4 is 15.9 Å². The van der Waals surface area contributed by atoms with Crippen LogP contribution in [0.1, 0.15) is 45.0 Å². The van der Waals surface area contributed by atoms with Crippen molar-refractivity contribution in [1.82, 2.24) is 19.4 Å². The quantitative estimate of drug-likeness (QED) is 0.853. The Hall–Kier alpha value is -1.41. The Balaban J connectivity index is 2.05. The second kappa shape index (κ2) is 7.45. The number of carbonyl (C=O) groups excluding carboxylic acids is 1. The molecule has 1 fully saturated rings. The lowest BCUT2D eigenvalue weighted by Crippen LogP contribution is -2.45. The topological polar surface area (TPSA) is 84.3 Å². The third-order valence-electron chi connectivity index (χ3n) is 5.24. The van der Waals surface area contributed by atoms with Crippen LogP contribution in [0.3, 0.4) is 0 Å². The van der Waals surface area contributed by atoms with Crippen molar-refractivity contribution in [3.8, 4) is 0 Å². The Kier molecular flexibility index (Phi) is 5.93. The van der Waals surface area contributed by atoms with Gasteiger partial charge in [-0.15, -0.1) is 0 Å². The lowest BCUT2D eigenvalue weighted by molar-refractivity contribution is -0.127. The van der Waals surface area contributed by atoms with Gasteiger partial charge in [-0.3, -0.25) is 9.48 Å². The summed E-state index contributed by atoms with van der Waals surface area (Å²) in [7, 11) is -1.83.